The van der Waals surface area contributed by atoms with Crippen molar-refractivity contribution in [2.45, 2.75) is 117 Å². The lowest BCUT2D eigenvalue weighted by Gasteiger charge is -2.08. The Morgan fingerprint density at radius 1 is 0.633 bits per heavy atom. The monoisotopic (exact) mass is 448 g/mol. The molecule has 0 amide bonds. The molecule has 0 aliphatic rings. The summed E-state index contributed by atoms with van der Waals surface area (Å²) >= 11 is 7.60. The van der Waals surface area contributed by atoms with Crippen LogP contribution in [-0.4, -0.2) is 0 Å². The van der Waals surface area contributed by atoms with Crippen molar-refractivity contribution >= 4 is 22.9 Å². The van der Waals surface area contributed by atoms with E-state index in [4.69, 9.17) is 11.6 Å². The summed E-state index contributed by atoms with van der Waals surface area (Å²) < 4.78 is 0. The number of halogens is 1. The molecule has 0 spiro atoms. The summed E-state index contributed by atoms with van der Waals surface area (Å²) in [4.78, 5) is 1.73. The van der Waals surface area contributed by atoms with E-state index in [0.717, 1.165) is 5.02 Å². The number of aryl methyl sites for hydroxylation is 2. The minimum Gasteiger partial charge on any atom is -0.148 e. The Morgan fingerprint density at radius 2 is 1.17 bits per heavy atom. The van der Waals surface area contributed by atoms with E-state index >= 15 is 0 Å². The molecular formula is C28H45ClS. The van der Waals surface area contributed by atoms with E-state index in [1.807, 2.05) is 30.3 Å². The van der Waals surface area contributed by atoms with E-state index in [1.54, 1.807) is 16.0 Å². The molecule has 1 heterocycles. The van der Waals surface area contributed by atoms with Gasteiger partial charge in [0.2, 0.25) is 0 Å². The summed E-state index contributed by atoms with van der Waals surface area (Å²) in [7, 11) is 0. The second-order valence-electron chi connectivity index (χ2n) is 8.39. The highest BCUT2D eigenvalue weighted by Gasteiger charge is 2.11. The summed E-state index contributed by atoms with van der Waals surface area (Å²) in [6, 6.07) is 9.44. The Morgan fingerprint density at radius 3 is 1.67 bits per heavy atom. The fourth-order valence-corrected chi connectivity index (χ4v) is 5.11. The van der Waals surface area contributed by atoms with Crippen molar-refractivity contribution in [1.82, 2.24) is 0 Å². The van der Waals surface area contributed by atoms with Gasteiger partial charge in [0.05, 0.1) is 0 Å². The minimum atomic E-state index is 0.794. The standard InChI is InChI=1S/C22H40S.C6H5Cl/c1-4-7-10-13-16-20-19-23-22(18-15-12-9-6-3)21(20)17-14-11-8-5-2;7-6-4-2-1-3-5-6/h19H,4-18H2,1-3H3;1-5H. The molecule has 2 aromatic rings. The molecule has 170 valence electrons. The van der Waals surface area contributed by atoms with E-state index in [0.29, 0.717) is 0 Å². The van der Waals surface area contributed by atoms with Gasteiger partial charge < -0.3 is 0 Å². The number of unbranched alkanes of at least 4 members (excludes halogenated alkanes) is 9. The van der Waals surface area contributed by atoms with Crippen molar-refractivity contribution in [2.24, 2.45) is 0 Å². The van der Waals surface area contributed by atoms with Gasteiger partial charge >= 0.3 is 0 Å². The lowest BCUT2D eigenvalue weighted by Crippen LogP contribution is -1.96. The van der Waals surface area contributed by atoms with Crippen molar-refractivity contribution < 1.29 is 0 Å². The van der Waals surface area contributed by atoms with Crippen LogP contribution in [0.4, 0.5) is 0 Å². The molecule has 0 aliphatic carbocycles. The van der Waals surface area contributed by atoms with Crippen molar-refractivity contribution in [1.29, 1.82) is 0 Å². The van der Waals surface area contributed by atoms with Crippen LogP contribution in [0.1, 0.15) is 114 Å². The highest BCUT2D eigenvalue weighted by molar-refractivity contribution is 7.10. The first-order valence-corrected chi connectivity index (χ1v) is 13.8. The van der Waals surface area contributed by atoms with Crippen LogP contribution in [-0.2, 0) is 19.3 Å². The molecule has 0 bridgehead atoms. The number of benzene rings is 1. The number of hydrogen-bond donors (Lipinski definition) is 0. The van der Waals surface area contributed by atoms with E-state index in [-0.39, 0.29) is 0 Å². The van der Waals surface area contributed by atoms with Gasteiger partial charge in [-0.05, 0) is 67.2 Å². The summed E-state index contributed by atoms with van der Waals surface area (Å²) in [6.45, 7) is 6.92. The molecule has 2 rings (SSSR count). The minimum absolute atomic E-state index is 0.794. The van der Waals surface area contributed by atoms with Gasteiger partial charge in [0, 0.05) is 9.90 Å². The molecule has 0 unspecified atom stereocenters. The van der Waals surface area contributed by atoms with Crippen LogP contribution in [0.5, 0.6) is 0 Å². The third kappa shape index (κ3) is 12.8. The highest BCUT2D eigenvalue weighted by atomic mass is 35.5. The van der Waals surface area contributed by atoms with Crippen LogP contribution in [0.25, 0.3) is 0 Å². The van der Waals surface area contributed by atoms with Crippen LogP contribution >= 0.6 is 22.9 Å². The van der Waals surface area contributed by atoms with Gasteiger partial charge in [-0.25, -0.2) is 0 Å². The molecule has 30 heavy (non-hydrogen) atoms. The molecule has 0 fully saturated rings. The fraction of sp³-hybridized carbons (Fsp3) is 0.643. The molecule has 0 radical (unpaired) electrons. The lowest BCUT2D eigenvalue weighted by atomic mass is 9.97. The van der Waals surface area contributed by atoms with Crippen LogP contribution < -0.4 is 0 Å². The molecule has 0 atom stereocenters. The maximum absolute atomic E-state index is 5.54. The van der Waals surface area contributed by atoms with E-state index in [1.165, 1.54) is 96.3 Å². The van der Waals surface area contributed by atoms with E-state index in [9.17, 15) is 0 Å². The van der Waals surface area contributed by atoms with Crippen molar-refractivity contribution in [3.05, 3.63) is 56.7 Å². The third-order valence-electron chi connectivity index (χ3n) is 5.64. The summed E-state index contributed by atoms with van der Waals surface area (Å²) in [5, 5.41) is 3.29. The fourth-order valence-electron chi connectivity index (χ4n) is 3.78. The zero-order chi connectivity index (χ0) is 21.9. The molecule has 0 nitrogen and oxygen atoms in total. The maximum atomic E-state index is 5.54. The molecule has 1 aromatic heterocycles. The molecular weight excluding hydrogens is 404 g/mol. The number of rotatable bonds is 15. The van der Waals surface area contributed by atoms with Crippen LogP contribution in [0, 0.1) is 0 Å². The predicted molar refractivity (Wildman–Crippen MR) is 139 cm³/mol. The molecule has 0 N–H and O–H groups in total. The third-order valence-corrected chi connectivity index (χ3v) is 7.03. The van der Waals surface area contributed by atoms with Gasteiger partial charge in [-0.15, -0.1) is 11.3 Å². The molecule has 1 aromatic carbocycles. The normalized spacial score (nSPS) is 10.7. The van der Waals surface area contributed by atoms with Crippen molar-refractivity contribution in [3.8, 4) is 0 Å². The topological polar surface area (TPSA) is 0 Å². The maximum Gasteiger partial charge on any atom is 0.0405 e. The second-order valence-corrected chi connectivity index (χ2v) is 9.79. The molecule has 2 heteroatoms. The lowest BCUT2D eigenvalue weighted by molar-refractivity contribution is 0.644. The summed E-state index contributed by atoms with van der Waals surface area (Å²) in [5.41, 5.74) is 3.46. The van der Waals surface area contributed by atoms with Gasteiger partial charge in [-0.3, -0.25) is 0 Å². The Balaban J connectivity index is 0.000000539. The SMILES string of the molecule is CCCCCCc1csc(CCCCCC)c1CCCCCC.Clc1ccccc1. The first-order chi connectivity index (χ1) is 14.7. The molecule has 0 saturated heterocycles. The Kier molecular flexibility index (Phi) is 17.2. The Bertz CT molecular complexity index is 587. The number of hydrogen-bond acceptors (Lipinski definition) is 1. The first-order valence-electron chi connectivity index (χ1n) is 12.5. The van der Waals surface area contributed by atoms with E-state index in [2.05, 4.69) is 37.5 Å². The average molecular weight is 449 g/mol. The van der Waals surface area contributed by atoms with Gasteiger partial charge in [0.1, 0.15) is 0 Å². The van der Waals surface area contributed by atoms with Gasteiger partial charge in [0.25, 0.3) is 0 Å². The average Bonchev–Trinajstić information content (AvgIpc) is 3.14. The van der Waals surface area contributed by atoms with Gasteiger partial charge in [-0.2, -0.15) is 0 Å². The first kappa shape index (κ1) is 27.2. The number of thiophene rings is 1. The second kappa shape index (κ2) is 18.9. The predicted octanol–water partition coefficient (Wildman–Crippen LogP) is 10.5. The summed E-state index contributed by atoms with van der Waals surface area (Å²) in [5.74, 6) is 0. The largest absolute Gasteiger partial charge is 0.148 e. The van der Waals surface area contributed by atoms with Gasteiger partial charge in [-0.1, -0.05) is 108 Å². The highest BCUT2D eigenvalue weighted by Crippen LogP contribution is 2.28. The Hall–Kier alpha value is -0.790. The van der Waals surface area contributed by atoms with Crippen molar-refractivity contribution in [3.63, 3.8) is 0 Å². The van der Waals surface area contributed by atoms with Crippen LogP contribution in [0.2, 0.25) is 5.02 Å². The van der Waals surface area contributed by atoms with Gasteiger partial charge in [0.15, 0.2) is 0 Å². The zero-order valence-electron chi connectivity index (χ0n) is 19.9. The van der Waals surface area contributed by atoms with Crippen LogP contribution in [0.15, 0.2) is 35.7 Å². The quantitative estimate of drug-likeness (QED) is 0.237. The molecule has 0 saturated carbocycles. The van der Waals surface area contributed by atoms with E-state index < -0.39 is 0 Å². The Labute approximate surface area is 196 Å². The smallest absolute Gasteiger partial charge is 0.0405 e. The summed E-state index contributed by atoms with van der Waals surface area (Å²) in [6.07, 6.45) is 20.7. The van der Waals surface area contributed by atoms with Crippen molar-refractivity contribution in [2.75, 3.05) is 0 Å². The zero-order valence-corrected chi connectivity index (χ0v) is 21.4. The van der Waals surface area contributed by atoms with Crippen LogP contribution in [0.3, 0.4) is 0 Å². The molecule has 0 aliphatic heterocycles.